The van der Waals surface area contributed by atoms with E-state index < -0.39 is 5.41 Å². The van der Waals surface area contributed by atoms with Crippen LogP contribution in [0.15, 0.2) is 59.9 Å². The van der Waals surface area contributed by atoms with Crippen LogP contribution >= 0.6 is 0 Å². The number of rotatable bonds is 6. The van der Waals surface area contributed by atoms with Crippen molar-refractivity contribution in [1.29, 1.82) is 0 Å². The molecule has 10 heteroatoms. The number of benzene rings is 2. The minimum absolute atomic E-state index is 0.146. The van der Waals surface area contributed by atoms with Crippen molar-refractivity contribution in [2.24, 2.45) is 29.3 Å². The number of likely N-dealkylation sites (tertiary alicyclic amines) is 1. The molecule has 1 aromatic heterocycles. The maximum Gasteiger partial charge on any atom is 0.237 e. The number of hydrogen-bond acceptors (Lipinski definition) is 7. The summed E-state index contributed by atoms with van der Waals surface area (Å²) < 4.78 is 1.71. The first-order valence-corrected chi connectivity index (χ1v) is 17.2. The normalized spacial score (nSPS) is 26.2. The highest BCUT2D eigenvalue weighted by Gasteiger charge is 2.51. The van der Waals surface area contributed by atoms with E-state index >= 15 is 0 Å². The number of nitrogens with one attached hydrogen (secondary N) is 1. The van der Waals surface area contributed by atoms with Gasteiger partial charge in [-0.25, -0.2) is 4.98 Å². The van der Waals surface area contributed by atoms with Crippen molar-refractivity contribution in [3.8, 4) is 11.4 Å². The fourth-order valence-electron chi connectivity index (χ4n) is 8.37. The number of hydrogen-bond donors (Lipinski definition) is 1. The van der Waals surface area contributed by atoms with Crippen LogP contribution in [0.1, 0.15) is 49.3 Å². The molecule has 244 valence electrons. The third-order valence-electron chi connectivity index (χ3n) is 11.0. The molecule has 8 rings (SSSR count). The van der Waals surface area contributed by atoms with E-state index in [1.165, 1.54) is 28.0 Å². The van der Waals surface area contributed by atoms with Crippen LogP contribution in [0.25, 0.3) is 17.0 Å². The molecular formula is C37H44N8O2. The summed E-state index contributed by atoms with van der Waals surface area (Å²) in [5.41, 5.74) is 7.74. The van der Waals surface area contributed by atoms with Crippen LogP contribution in [0.2, 0.25) is 0 Å². The minimum Gasteiger partial charge on any atom is -0.338 e. The maximum atomic E-state index is 14.0. The van der Waals surface area contributed by atoms with Crippen molar-refractivity contribution in [1.82, 2.24) is 29.9 Å². The van der Waals surface area contributed by atoms with E-state index in [4.69, 9.17) is 4.99 Å². The Balaban J connectivity index is 0.872. The van der Waals surface area contributed by atoms with Gasteiger partial charge in [0.25, 0.3) is 0 Å². The average molecular weight is 633 g/mol. The van der Waals surface area contributed by atoms with Crippen molar-refractivity contribution < 1.29 is 9.59 Å². The first-order chi connectivity index (χ1) is 22.8. The fourth-order valence-corrected chi connectivity index (χ4v) is 8.37. The summed E-state index contributed by atoms with van der Waals surface area (Å²) in [6.07, 6.45) is 7.52. The monoisotopic (exact) mass is 632 g/mol. The molecule has 3 fully saturated rings. The lowest BCUT2D eigenvalue weighted by molar-refractivity contribution is -0.132. The van der Waals surface area contributed by atoms with E-state index in [0.29, 0.717) is 38.0 Å². The van der Waals surface area contributed by atoms with Crippen LogP contribution in [0.3, 0.4) is 0 Å². The van der Waals surface area contributed by atoms with Gasteiger partial charge in [-0.2, -0.15) is 5.10 Å². The van der Waals surface area contributed by atoms with Gasteiger partial charge in [-0.1, -0.05) is 43.3 Å². The number of piperidine rings is 1. The molecule has 1 spiro atoms. The number of aromatic nitrogens is 3. The van der Waals surface area contributed by atoms with Crippen LogP contribution in [-0.2, 0) is 23.2 Å². The van der Waals surface area contributed by atoms with Gasteiger partial charge in [0, 0.05) is 68.2 Å². The Hall–Kier alpha value is -4.15. The standard InChI is InChI=1S/C37H44N8O2/c1-25-17-30(20-38-19-25)34-32-18-31(8-7-29(32)21-39-34)45-16-12-37(36(45)47)11-15-43(23-37)22-33(46)44-13-9-27(10-14-44)26-3-5-28(6-4-26)35-40-24-42(2)41-35/h3-9,18,24-25,30,38H,10-17,19-23H2,1-2H3/t25?,30?,37-/m0/s1. The summed E-state index contributed by atoms with van der Waals surface area (Å²) in [5, 5.41) is 7.96. The van der Waals surface area contributed by atoms with Crippen LogP contribution in [0.5, 0.6) is 0 Å². The Morgan fingerprint density at radius 2 is 1.87 bits per heavy atom. The molecule has 6 heterocycles. The van der Waals surface area contributed by atoms with Crippen molar-refractivity contribution in [3.63, 3.8) is 0 Å². The zero-order valence-corrected chi connectivity index (χ0v) is 27.5. The number of anilines is 1. The van der Waals surface area contributed by atoms with Crippen LogP contribution < -0.4 is 10.2 Å². The fraction of sp³-hybridized carbons (Fsp3) is 0.486. The highest BCUT2D eigenvalue weighted by Crippen LogP contribution is 2.43. The second kappa shape index (κ2) is 12.1. The summed E-state index contributed by atoms with van der Waals surface area (Å²) in [5.74, 6) is 2.16. The largest absolute Gasteiger partial charge is 0.338 e. The number of aliphatic imine (C=N–C) groups is 1. The molecule has 3 saturated heterocycles. The van der Waals surface area contributed by atoms with E-state index in [2.05, 4.69) is 75.8 Å². The van der Waals surface area contributed by atoms with Crippen molar-refractivity contribution in [3.05, 3.63) is 71.6 Å². The number of amides is 2. The van der Waals surface area contributed by atoms with Crippen molar-refractivity contribution >= 4 is 28.8 Å². The van der Waals surface area contributed by atoms with Crippen LogP contribution in [0, 0.1) is 17.3 Å². The second-order valence-electron chi connectivity index (χ2n) is 14.3. The highest BCUT2D eigenvalue weighted by atomic mass is 16.2. The smallest absolute Gasteiger partial charge is 0.237 e. The SMILES string of the molecule is CC1CNCC(C2=NCc3ccc(N4CC[C@]5(CCN(CC(=O)N6CC=C(c7ccc(-c8ncn(C)n8)cc7)CC6)C5)C4=O)cc32)C1. The van der Waals surface area contributed by atoms with Gasteiger partial charge in [0.1, 0.15) is 6.33 Å². The number of nitrogens with zero attached hydrogens (tertiary/aromatic N) is 7. The number of carbonyl (C=O) groups is 2. The molecule has 2 unspecified atom stereocenters. The van der Waals surface area contributed by atoms with Crippen molar-refractivity contribution in [2.75, 3.05) is 57.3 Å². The molecule has 47 heavy (non-hydrogen) atoms. The van der Waals surface area contributed by atoms with Crippen LogP contribution in [-0.4, -0.2) is 94.4 Å². The minimum atomic E-state index is -0.398. The van der Waals surface area contributed by atoms with Gasteiger partial charge < -0.3 is 15.1 Å². The molecule has 0 radical (unpaired) electrons. The third-order valence-corrected chi connectivity index (χ3v) is 11.0. The summed E-state index contributed by atoms with van der Waals surface area (Å²) in [6, 6.07) is 14.8. The summed E-state index contributed by atoms with van der Waals surface area (Å²) in [4.78, 5) is 42.8. The van der Waals surface area contributed by atoms with Gasteiger partial charge in [-0.05, 0) is 73.5 Å². The number of fused-ring (bicyclic) bond motifs is 1. The predicted molar refractivity (Wildman–Crippen MR) is 183 cm³/mol. The van der Waals surface area contributed by atoms with Crippen molar-refractivity contribution in [2.45, 2.75) is 39.2 Å². The Morgan fingerprint density at radius 1 is 1.04 bits per heavy atom. The van der Waals surface area contributed by atoms with Gasteiger partial charge in [0.05, 0.1) is 18.5 Å². The van der Waals surface area contributed by atoms with E-state index in [1.807, 2.05) is 16.8 Å². The molecule has 2 amide bonds. The molecule has 5 aliphatic rings. The number of carbonyl (C=O) groups excluding carboxylic acids is 2. The van der Waals surface area contributed by atoms with E-state index in [-0.39, 0.29) is 11.8 Å². The Morgan fingerprint density at radius 3 is 2.64 bits per heavy atom. The molecule has 0 aliphatic carbocycles. The number of aryl methyl sites for hydroxylation is 1. The average Bonchev–Trinajstić information content (AvgIpc) is 3.88. The molecule has 3 aromatic rings. The quantitative estimate of drug-likeness (QED) is 0.445. The highest BCUT2D eigenvalue weighted by molar-refractivity contribution is 6.07. The Kier molecular flexibility index (Phi) is 7.80. The first kappa shape index (κ1) is 30.2. The van der Waals surface area contributed by atoms with E-state index in [0.717, 1.165) is 75.5 Å². The summed E-state index contributed by atoms with van der Waals surface area (Å²) in [7, 11) is 1.87. The topological polar surface area (TPSA) is 99.0 Å². The maximum absolute atomic E-state index is 14.0. The predicted octanol–water partition coefficient (Wildman–Crippen LogP) is 3.78. The lowest BCUT2D eigenvalue weighted by atomic mass is 9.85. The Bertz CT molecular complexity index is 1760. The Labute approximate surface area is 276 Å². The first-order valence-electron chi connectivity index (χ1n) is 17.2. The third kappa shape index (κ3) is 5.71. The zero-order valence-electron chi connectivity index (χ0n) is 27.5. The van der Waals surface area contributed by atoms with E-state index in [1.54, 1.807) is 11.0 Å². The lowest BCUT2D eigenvalue weighted by Crippen LogP contribution is -2.43. The summed E-state index contributed by atoms with van der Waals surface area (Å²) >= 11 is 0. The van der Waals surface area contributed by atoms with Gasteiger partial charge >= 0.3 is 0 Å². The molecule has 1 N–H and O–H groups in total. The molecule has 0 bridgehead atoms. The van der Waals surface area contributed by atoms with Gasteiger partial charge in [0.15, 0.2) is 5.82 Å². The zero-order chi connectivity index (χ0) is 32.1. The molecule has 3 atom stereocenters. The van der Waals surface area contributed by atoms with E-state index in [9.17, 15) is 9.59 Å². The van der Waals surface area contributed by atoms with Gasteiger partial charge in [-0.3, -0.25) is 24.2 Å². The molecule has 2 aromatic carbocycles. The molecule has 5 aliphatic heterocycles. The lowest BCUT2D eigenvalue weighted by Gasteiger charge is -2.29. The van der Waals surface area contributed by atoms with Gasteiger partial charge in [0.2, 0.25) is 11.8 Å². The summed E-state index contributed by atoms with van der Waals surface area (Å²) in [6.45, 7) is 8.95. The molecule has 10 nitrogen and oxygen atoms in total. The van der Waals surface area contributed by atoms with Gasteiger partial charge in [-0.15, -0.1) is 0 Å². The molecule has 0 saturated carbocycles. The molecular weight excluding hydrogens is 588 g/mol. The van der Waals surface area contributed by atoms with Crippen LogP contribution in [0.4, 0.5) is 5.69 Å². The second-order valence-corrected chi connectivity index (χ2v) is 14.3.